The van der Waals surface area contributed by atoms with Crippen LogP contribution in [0.25, 0.3) is 0 Å². The van der Waals surface area contributed by atoms with Gasteiger partial charge >= 0.3 is 0 Å². The van der Waals surface area contributed by atoms with Gasteiger partial charge in [0, 0.05) is 12.1 Å². The van der Waals surface area contributed by atoms with Gasteiger partial charge in [-0.15, -0.1) is 0 Å². The highest BCUT2D eigenvalue weighted by Crippen LogP contribution is 2.14. The summed E-state index contributed by atoms with van der Waals surface area (Å²) in [5, 5.41) is 10.5. The number of benzene rings is 1. The van der Waals surface area contributed by atoms with E-state index in [0.29, 0.717) is 0 Å². The van der Waals surface area contributed by atoms with E-state index in [2.05, 4.69) is 19.9 Å². The summed E-state index contributed by atoms with van der Waals surface area (Å²) in [7, 11) is 0. The molecule has 0 N–H and O–H groups in total. The van der Waals surface area contributed by atoms with Gasteiger partial charge in [0.25, 0.3) is 5.69 Å². The van der Waals surface area contributed by atoms with Gasteiger partial charge in [-0.1, -0.05) is 30.7 Å². The van der Waals surface area contributed by atoms with Gasteiger partial charge in [-0.25, -0.2) is 0 Å². The Balaban J connectivity index is 2.78. The monoisotopic (exact) mass is 205 g/mol. The second kappa shape index (κ2) is 5.29. The quantitative estimate of drug-likeness (QED) is 0.429. The smallest absolute Gasteiger partial charge is 0.258 e. The van der Waals surface area contributed by atoms with E-state index in [-0.39, 0.29) is 10.6 Å². The van der Waals surface area contributed by atoms with Gasteiger partial charge in [0.2, 0.25) is 0 Å². The average Bonchev–Trinajstić information content (AvgIpc) is 2.26. The fourth-order valence-corrected chi connectivity index (χ4v) is 1.23. The van der Waals surface area contributed by atoms with E-state index in [9.17, 15) is 10.1 Å². The highest BCUT2D eigenvalue weighted by Gasteiger charge is 2.04. The first kappa shape index (κ1) is 11.4. The zero-order valence-electron chi connectivity index (χ0n) is 9.06. The molecule has 0 aliphatic carbocycles. The minimum absolute atomic E-state index is 0.162. The number of allylic oxidation sites excluding steroid dienone is 2. The minimum Gasteiger partial charge on any atom is -0.258 e. The van der Waals surface area contributed by atoms with Crippen LogP contribution in [0.2, 0.25) is 0 Å². The molecule has 0 bridgehead atoms. The van der Waals surface area contributed by atoms with Crippen LogP contribution in [0.3, 0.4) is 0 Å². The van der Waals surface area contributed by atoms with E-state index in [1.54, 1.807) is 12.1 Å². The van der Waals surface area contributed by atoms with Crippen molar-refractivity contribution in [3.8, 4) is 0 Å². The summed E-state index contributed by atoms with van der Waals surface area (Å²) < 4.78 is 0. The highest BCUT2D eigenvalue weighted by atomic mass is 16.6. The molecule has 0 aliphatic rings. The summed E-state index contributed by atoms with van der Waals surface area (Å²) in [6.07, 6.45) is 3.90. The Morgan fingerprint density at radius 1 is 1.53 bits per heavy atom. The molecule has 3 nitrogen and oxygen atoms in total. The van der Waals surface area contributed by atoms with Crippen molar-refractivity contribution in [3.63, 3.8) is 0 Å². The van der Waals surface area contributed by atoms with Gasteiger partial charge in [-0.3, -0.25) is 10.1 Å². The largest absolute Gasteiger partial charge is 0.269 e. The first-order valence-electron chi connectivity index (χ1n) is 5.02. The van der Waals surface area contributed by atoms with Gasteiger partial charge in [-0.05, 0) is 25.3 Å². The van der Waals surface area contributed by atoms with Gasteiger partial charge in [-0.2, -0.15) is 0 Å². The Labute approximate surface area is 89.6 Å². The molecule has 0 aromatic heterocycles. The lowest BCUT2D eigenvalue weighted by Crippen LogP contribution is -1.89. The van der Waals surface area contributed by atoms with E-state index in [1.165, 1.54) is 11.6 Å². The molecule has 0 heterocycles. The van der Waals surface area contributed by atoms with Crippen molar-refractivity contribution in [1.29, 1.82) is 0 Å². The zero-order chi connectivity index (χ0) is 11.3. The van der Waals surface area contributed by atoms with Crippen molar-refractivity contribution in [2.24, 2.45) is 0 Å². The number of hydrogen-bond acceptors (Lipinski definition) is 2. The van der Waals surface area contributed by atoms with Crippen LogP contribution in [-0.2, 0) is 6.42 Å². The molecule has 0 saturated carbocycles. The van der Waals surface area contributed by atoms with Crippen LogP contribution >= 0.6 is 0 Å². The number of rotatable bonds is 4. The van der Waals surface area contributed by atoms with Crippen molar-refractivity contribution in [3.05, 3.63) is 51.6 Å². The standard InChI is InChI=1S/C12H15NO2/c1-3-10(2)7-8-11-5-4-6-12(9-11)13(14)15/h4-7,9H,3,8H2,1-2H3/b10-7+. The molecule has 3 heteroatoms. The molecule has 15 heavy (non-hydrogen) atoms. The molecule has 0 radical (unpaired) electrons. The van der Waals surface area contributed by atoms with Gasteiger partial charge in [0.15, 0.2) is 0 Å². The molecule has 0 spiro atoms. The molecule has 1 rings (SSSR count). The number of non-ortho nitro benzene ring substituents is 1. The predicted molar refractivity (Wildman–Crippen MR) is 60.8 cm³/mol. The summed E-state index contributed by atoms with van der Waals surface area (Å²) in [5.74, 6) is 0. The van der Waals surface area contributed by atoms with E-state index in [1.807, 2.05) is 6.07 Å². The molecular formula is C12H15NO2. The van der Waals surface area contributed by atoms with Crippen LogP contribution in [0, 0.1) is 10.1 Å². The lowest BCUT2D eigenvalue weighted by Gasteiger charge is -1.98. The molecule has 1 aromatic carbocycles. The van der Waals surface area contributed by atoms with Crippen LogP contribution in [0.1, 0.15) is 25.8 Å². The average molecular weight is 205 g/mol. The molecular weight excluding hydrogens is 190 g/mol. The molecule has 1 aromatic rings. The Morgan fingerprint density at radius 3 is 2.87 bits per heavy atom. The van der Waals surface area contributed by atoms with Crippen molar-refractivity contribution in [1.82, 2.24) is 0 Å². The number of nitrogens with zero attached hydrogens (tertiary/aromatic N) is 1. The van der Waals surface area contributed by atoms with Crippen LogP contribution in [0.4, 0.5) is 5.69 Å². The maximum absolute atomic E-state index is 10.5. The van der Waals surface area contributed by atoms with Crippen molar-refractivity contribution in [2.45, 2.75) is 26.7 Å². The van der Waals surface area contributed by atoms with E-state index < -0.39 is 0 Å². The fourth-order valence-electron chi connectivity index (χ4n) is 1.23. The van der Waals surface area contributed by atoms with Crippen molar-refractivity contribution >= 4 is 5.69 Å². The molecule has 80 valence electrons. The van der Waals surface area contributed by atoms with Crippen LogP contribution < -0.4 is 0 Å². The molecule has 0 saturated heterocycles. The second-order valence-corrected chi connectivity index (χ2v) is 3.54. The van der Waals surface area contributed by atoms with Crippen LogP contribution in [0.15, 0.2) is 35.9 Å². The number of nitro groups is 1. The van der Waals surface area contributed by atoms with Crippen molar-refractivity contribution in [2.75, 3.05) is 0 Å². The summed E-state index contributed by atoms with van der Waals surface area (Å²) in [4.78, 5) is 10.2. The van der Waals surface area contributed by atoms with Gasteiger partial charge in [0.1, 0.15) is 0 Å². The van der Waals surface area contributed by atoms with E-state index >= 15 is 0 Å². The lowest BCUT2D eigenvalue weighted by molar-refractivity contribution is -0.384. The van der Waals surface area contributed by atoms with E-state index in [4.69, 9.17) is 0 Å². The van der Waals surface area contributed by atoms with E-state index in [0.717, 1.165) is 18.4 Å². The molecule has 0 unspecified atom stereocenters. The third-order valence-corrected chi connectivity index (χ3v) is 2.37. The minimum atomic E-state index is -0.361. The molecule has 0 amide bonds. The van der Waals surface area contributed by atoms with Crippen molar-refractivity contribution < 1.29 is 4.92 Å². The zero-order valence-corrected chi connectivity index (χ0v) is 9.06. The second-order valence-electron chi connectivity index (χ2n) is 3.54. The Bertz CT molecular complexity index is 383. The first-order valence-corrected chi connectivity index (χ1v) is 5.02. The Hall–Kier alpha value is -1.64. The Morgan fingerprint density at radius 2 is 2.27 bits per heavy atom. The number of hydrogen-bond donors (Lipinski definition) is 0. The summed E-state index contributed by atoms with van der Waals surface area (Å²) in [6.45, 7) is 4.16. The molecule has 0 atom stereocenters. The maximum Gasteiger partial charge on any atom is 0.269 e. The molecule has 0 aliphatic heterocycles. The SMILES string of the molecule is CC/C(C)=C/Cc1cccc([N+](=O)[O-])c1. The van der Waals surface area contributed by atoms with Crippen LogP contribution in [-0.4, -0.2) is 4.92 Å². The Kier molecular flexibility index (Phi) is 4.03. The molecule has 0 fully saturated rings. The van der Waals surface area contributed by atoms with Gasteiger partial charge in [0.05, 0.1) is 4.92 Å². The number of nitro benzene ring substituents is 1. The topological polar surface area (TPSA) is 43.1 Å². The summed E-state index contributed by atoms with van der Waals surface area (Å²) in [6, 6.07) is 6.77. The predicted octanol–water partition coefficient (Wildman–Crippen LogP) is 3.49. The summed E-state index contributed by atoms with van der Waals surface area (Å²) >= 11 is 0. The highest BCUT2D eigenvalue weighted by molar-refractivity contribution is 5.35. The lowest BCUT2D eigenvalue weighted by atomic mass is 10.1. The maximum atomic E-state index is 10.5. The normalized spacial score (nSPS) is 11.5. The first-order chi connectivity index (χ1) is 7.13. The summed E-state index contributed by atoms with van der Waals surface area (Å²) in [5.41, 5.74) is 2.45. The van der Waals surface area contributed by atoms with Gasteiger partial charge < -0.3 is 0 Å². The van der Waals surface area contributed by atoms with Crippen LogP contribution in [0.5, 0.6) is 0 Å². The third kappa shape index (κ3) is 3.54. The third-order valence-electron chi connectivity index (χ3n) is 2.37. The fraction of sp³-hybridized carbons (Fsp3) is 0.333.